The minimum Gasteiger partial charge on any atom is -0.314 e. The number of rotatable bonds is 3. The van der Waals surface area contributed by atoms with Crippen LogP contribution in [-0.2, 0) is 6.54 Å². The van der Waals surface area contributed by atoms with Gasteiger partial charge in [-0.1, -0.05) is 0 Å². The number of aryl methyl sites for hydroxylation is 1. The minimum atomic E-state index is 0.856. The van der Waals surface area contributed by atoms with Crippen LogP contribution in [0.4, 0.5) is 0 Å². The van der Waals surface area contributed by atoms with E-state index in [1.54, 1.807) is 22.7 Å². The maximum Gasteiger partial charge on any atom is 0.107 e. The van der Waals surface area contributed by atoms with Crippen molar-refractivity contribution in [3.05, 3.63) is 28.2 Å². The lowest BCUT2D eigenvalue weighted by Crippen LogP contribution is -2.03. The molecule has 2 rings (SSSR count). The largest absolute Gasteiger partial charge is 0.314 e. The van der Waals surface area contributed by atoms with Gasteiger partial charge in [-0.3, -0.25) is 0 Å². The number of hydrogen-bond donors (Lipinski definition) is 1. The fourth-order valence-corrected chi connectivity index (χ4v) is 3.31. The third-order valence-electron chi connectivity index (χ3n) is 1.97. The molecule has 2 heterocycles. The van der Waals surface area contributed by atoms with Gasteiger partial charge in [-0.05, 0) is 31.0 Å². The molecule has 2 aromatic rings. The number of nitrogens with zero attached hydrogens (tertiary/aromatic N) is 1. The standard InChI is InChI=1S/C10H12N2S2/c1-7-3-4-13-10(7)8-5-12-9(14-8)6-11-2/h3-5,11H,6H2,1-2H3. The molecule has 2 nitrogen and oxygen atoms in total. The highest BCUT2D eigenvalue weighted by molar-refractivity contribution is 7.21. The highest BCUT2D eigenvalue weighted by Gasteiger charge is 2.07. The van der Waals surface area contributed by atoms with Crippen LogP contribution in [0.2, 0.25) is 0 Å². The Morgan fingerprint density at radius 2 is 2.36 bits per heavy atom. The van der Waals surface area contributed by atoms with Crippen LogP contribution >= 0.6 is 22.7 Å². The molecule has 0 saturated carbocycles. The Balaban J connectivity index is 2.29. The number of thiophene rings is 1. The molecule has 0 aliphatic carbocycles. The van der Waals surface area contributed by atoms with E-state index in [4.69, 9.17) is 0 Å². The predicted molar refractivity (Wildman–Crippen MR) is 62.9 cm³/mol. The van der Waals surface area contributed by atoms with Gasteiger partial charge in [0.1, 0.15) is 5.01 Å². The summed E-state index contributed by atoms with van der Waals surface area (Å²) in [6.07, 6.45) is 1.97. The Hall–Kier alpha value is -0.710. The smallest absolute Gasteiger partial charge is 0.107 e. The van der Waals surface area contributed by atoms with E-state index in [0.717, 1.165) is 11.6 Å². The summed E-state index contributed by atoms with van der Waals surface area (Å²) < 4.78 is 0. The monoisotopic (exact) mass is 224 g/mol. The first-order valence-electron chi connectivity index (χ1n) is 4.45. The molecule has 0 atom stereocenters. The summed E-state index contributed by atoms with van der Waals surface area (Å²) >= 11 is 3.55. The summed E-state index contributed by atoms with van der Waals surface area (Å²) in [7, 11) is 1.94. The van der Waals surface area contributed by atoms with Gasteiger partial charge >= 0.3 is 0 Å². The van der Waals surface area contributed by atoms with Gasteiger partial charge in [0.15, 0.2) is 0 Å². The first kappa shape index (κ1) is 9.83. The second kappa shape index (κ2) is 4.21. The molecular formula is C10H12N2S2. The van der Waals surface area contributed by atoms with Gasteiger partial charge in [-0.15, -0.1) is 22.7 Å². The van der Waals surface area contributed by atoms with Gasteiger partial charge in [-0.2, -0.15) is 0 Å². The van der Waals surface area contributed by atoms with Crippen molar-refractivity contribution in [1.29, 1.82) is 0 Å². The third kappa shape index (κ3) is 1.87. The van der Waals surface area contributed by atoms with Crippen LogP contribution in [0.5, 0.6) is 0 Å². The number of nitrogens with one attached hydrogen (secondary N) is 1. The fourth-order valence-electron chi connectivity index (χ4n) is 1.27. The lowest BCUT2D eigenvalue weighted by atomic mass is 10.3. The highest BCUT2D eigenvalue weighted by Crippen LogP contribution is 2.32. The first-order valence-corrected chi connectivity index (χ1v) is 6.14. The molecule has 0 radical (unpaired) electrons. The summed E-state index contributed by atoms with van der Waals surface area (Å²) in [4.78, 5) is 7.00. The molecule has 2 aromatic heterocycles. The van der Waals surface area contributed by atoms with Crippen LogP contribution < -0.4 is 5.32 Å². The summed E-state index contributed by atoms with van der Waals surface area (Å²) in [6, 6.07) is 2.15. The molecule has 4 heteroatoms. The molecule has 0 aliphatic heterocycles. The van der Waals surface area contributed by atoms with Crippen LogP contribution in [0.15, 0.2) is 17.6 Å². The van der Waals surface area contributed by atoms with Crippen LogP contribution in [0.3, 0.4) is 0 Å². The summed E-state index contributed by atoms with van der Waals surface area (Å²) in [5, 5.41) is 6.38. The molecule has 0 bridgehead atoms. The van der Waals surface area contributed by atoms with Gasteiger partial charge < -0.3 is 5.32 Å². The molecule has 0 saturated heterocycles. The van der Waals surface area contributed by atoms with Gasteiger partial charge in [-0.25, -0.2) is 4.98 Å². The maximum atomic E-state index is 4.37. The lowest BCUT2D eigenvalue weighted by molar-refractivity contribution is 0.810. The average molecular weight is 224 g/mol. The molecule has 0 amide bonds. The second-order valence-electron chi connectivity index (χ2n) is 3.08. The Bertz CT molecular complexity index is 417. The van der Waals surface area contributed by atoms with Crippen molar-refractivity contribution in [2.45, 2.75) is 13.5 Å². The fraction of sp³-hybridized carbons (Fsp3) is 0.300. The molecule has 0 fully saturated rings. The SMILES string of the molecule is CNCc1ncc(-c2sccc2C)s1. The number of hydrogen-bond acceptors (Lipinski definition) is 4. The Labute approximate surface area is 91.6 Å². The van der Waals surface area contributed by atoms with Crippen molar-refractivity contribution in [2.24, 2.45) is 0 Å². The molecule has 0 spiro atoms. The van der Waals surface area contributed by atoms with Gasteiger partial charge in [0.25, 0.3) is 0 Å². The van der Waals surface area contributed by atoms with Crippen molar-refractivity contribution in [2.75, 3.05) is 7.05 Å². The zero-order valence-electron chi connectivity index (χ0n) is 8.20. The van der Waals surface area contributed by atoms with E-state index in [9.17, 15) is 0 Å². The third-order valence-corrected chi connectivity index (χ3v) is 4.16. The Morgan fingerprint density at radius 1 is 1.50 bits per heavy atom. The van der Waals surface area contributed by atoms with Crippen molar-refractivity contribution in [3.63, 3.8) is 0 Å². The van der Waals surface area contributed by atoms with Crippen molar-refractivity contribution in [1.82, 2.24) is 10.3 Å². The molecule has 0 aliphatic rings. The van der Waals surface area contributed by atoms with E-state index in [-0.39, 0.29) is 0 Å². The molecule has 1 N–H and O–H groups in total. The number of thiazole rings is 1. The van der Waals surface area contributed by atoms with E-state index in [1.165, 1.54) is 15.3 Å². The van der Waals surface area contributed by atoms with Gasteiger partial charge in [0.2, 0.25) is 0 Å². The van der Waals surface area contributed by atoms with Crippen LogP contribution in [0.1, 0.15) is 10.6 Å². The molecular weight excluding hydrogens is 212 g/mol. The van der Waals surface area contributed by atoms with Crippen molar-refractivity contribution < 1.29 is 0 Å². The first-order chi connectivity index (χ1) is 6.81. The maximum absolute atomic E-state index is 4.37. The zero-order valence-corrected chi connectivity index (χ0v) is 9.84. The van der Waals surface area contributed by atoms with Crippen molar-refractivity contribution in [3.8, 4) is 9.75 Å². The average Bonchev–Trinajstić information content (AvgIpc) is 2.74. The normalized spacial score (nSPS) is 10.7. The van der Waals surface area contributed by atoms with E-state index in [1.807, 2.05) is 13.2 Å². The summed E-state index contributed by atoms with van der Waals surface area (Å²) in [5.74, 6) is 0. The second-order valence-corrected chi connectivity index (χ2v) is 5.11. The van der Waals surface area contributed by atoms with Crippen LogP contribution in [0.25, 0.3) is 9.75 Å². The van der Waals surface area contributed by atoms with Crippen LogP contribution in [0, 0.1) is 6.92 Å². The highest BCUT2D eigenvalue weighted by atomic mass is 32.1. The molecule has 74 valence electrons. The Morgan fingerprint density at radius 3 is 3.00 bits per heavy atom. The minimum absolute atomic E-state index is 0.856. The van der Waals surface area contributed by atoms with Crippen molar-refractivity contribution >= 4 is 22.7 Å². The van der Waals surface area contributed by atoms with E-state index >= 15 is 0 Å². The lowest BCUT2D eigenvalue weighted by Gasteiger charge is -1.92. The van der Waals surface area contributed by atoms with Crippen LogP contribution in [-0.4, -0.2) is 12.0 Å². The summed E-state index contributed by atoms with van der Waals surface area (Å²) in [5.41, 5.74) is 1.34. The zero-order chi connectivity index (χ0) is 9.97. The van der Waals surface area contributed by atoms with E-state index < -0.39 is 0 Å². The quantitative estimate of drug-likeness (QED) is 0.867. The molecule has 0 unspecified atom stereocenters. The topological polar surface area (TPSA) is 24.9 Å². The van der Waals surface area contributed by atoms with Gasteiger partial charge in [0.05, 0.1) is 4.88 Å². The number of aromatic nitrogens is 1. The van der Waals surface area contributed by atoms with E-state index in [0.29, 0.717) is 0 Å². The summed E-state index contributed by atoms with van der Waals surface area (Å²) in [6.45, 7) is 3.00. The van der Waals surface area contributed by atoms with E-state index in [2.05, 4.69) is 28.7 Å². The predicted octanol–water partition coefficient (Wildman–Crippen LogP) is 2.90. The van der Waals surface area contributed by atoms with Gasteiger partial charge in [0, 0.05) is 17.6 Å². The molecule has 14 heavy (non-hydrogen) atoms. The molecule has 0 aromatic carbocycles. The Kier molecular flexibility index (Phi) is 2.96.